The first-order chi connectivity index (χ1) is 7.46. The lowest BCUT2D eigenvalue weighted by Crippen LogP contribution is -2.41. The highest BCUT2D eigenvalue weighted by atomic mass is 16.3. The van der Waals surface area contributed by atoms with Gasteiger partial charge in [-0.15, -0.1) is 0 Å². The van der Waals surface area contributed by atoms with Gasteiger partial charge in [-0.3, -0.25) is 0 Å². The van der Waals surface area contributed by atoms with Gasteiger partial charge in [-0.2, -0.15) is 0 Å². The molecule has 5 atom stereocenters. The van der Waals surface area contributed by atoms with Crippen molar-refractivity contribution in [3.63, 3.8) is 0 Å². The fraction of sp³-hybridized carbons (Fsp3) is 0.867. The Labute approximate surface area is 98.9 Å². The van der Waals surface area contributed by atoms with Gasteiger partial charge in [0.25, 0.3) is 0 Å². The molecule has 1 spiro atoms. The van der Waals surface area contributed by atoms with Crippen LogP contribution in [-0.4, -0.2) is 10.7 Å². The van der Waals surface area contributed by atoms with E-state index in [9.17, 15) is 5.11 Å². The summed E-state index contributed by atoms with van der Waals surface area (Å²) in [5.41, 5.74) is 1.19. The zero-order valence-corrected chi connectivity index (χ0v) is 10.8. The van der Waals surface area contributed by atoms with Gasteiger partial charge in [-0.1, -0.05) is 32.9 Å². The summed E-state index contributed by atoms with van der Waals surface area (Å²) in [6.07, 6.45) is 4.86. The van der Waals surface area contributed by atoms with E-state index < -0.39 is 0 Å². The second-order valence-electron chi connectivity index (χ2n) is 6.79. The molecule has 0 aromatic heterocycles. The highest BCUT2D eigenvalue weighted by Gasteiger charge is 2.83. The van der Waals surface area contributed by atoms with Gasteiger partial charge in [0.1, 0.15) is 0 Å². The maximum atomic E-state index is 11.1. The van der Waals surface area contributed by atoms with Crippen molar-refractivity contribution in [2.75, 3.05) is 0 Å². The molecule has 0 saturated heterocycles. The largest absolute Gasteiger partial charge is 0.388 e. The van der Waals surface area contributed by atoms with Crippen molar-refractivity contribution in [2.24, 2.45) is 29.1 Å². The number of fused-ring (bicyclic) bond motifs is 1. The van der Waals surface area contributed by atoms with E-state index in [1.165, 1.54) is 24.8 Å². The third-order valence-corrected chi connectivity index (χ3v) is 6.05. The Morgan fingerprint density at radius 2 is 2.06 bits per heavy atom. The monoisotopic (exact) mass is 220 g/mol. The molecule has 1 nitrogen and oxygen atoms in total. The van der Waals surface area contributed by atoms with Crippen LogP contribution in [0.2, 0.25) is 0 Å². The minimum Gasteiger partial charge on any atom is -0.388 e. The van der Waals surface area contributed by atoms with Crippen molar-refractivity contribution in [3.05, 3.63) is 12.2 Å². The van der Waals surface area contributed by atoms with Crippen molar-refractivity contribution in [2.45, 2.75) is 52.1 Å². The van der Waals surface area contributed by atoms with Gasteiger partial charge in [-0.25, -0.2) is 0 Å². The number of hydrogen-bond donors (Lipinski definition) is 1. The highest BCUT2D eigenvalue weighted by molar-refractivity contribution is 5.41. The van der Waals surface area contributed by atoms with Gasteiger partial charge < -0.3 is 5.11 Å². The summed E-state index contributed by atoms with van der Waals surface area (Å²) in [4.78, 5) is 0. The molecule has 90 valence electrons. The third kappa shape index (κ3) is 0.895. The molecular weight excluding hydrogens is 196 g/mol. The Hall–Kier alpha value is -0.300. The van der Waals surface area contributed by atoms with Crippen molar-refractivity contribution in [1.29, 1.82) is 0 Å². The molecule has 4 unspecified atom stereocenters. The fourth-order valence-electron chi connectivity index (χ4n) is 5.33. The van der Waals surface area contributed by atoms with Gasteiger partial charge in [-0.05, 0) is 43.4 Å². The molecule has 0 aromatic carbocycles. The molecular formula is C15H24O. The van der Waals surface area contributed by atoms with Crippen molar-refractivity contribution >= 4 is 0 Å². The van der Waals surface area contributed by atoms with Crippen molar-refractivity contribution in [3.8, 4) is 0 Å². The molecule has 0 heterocycles. The van der Waals surface area contributed by atoms with Crippen LogP contribution in [0, 0.1) is 29.1 Å². The molecule has 0 amide bonds. The van der Waals surface area contributed by atoms with Gasteiger partial charge in [0, 0.05) is 11.3 Å². The lowest BCUT2D eigenvalue weighted by atomic mass is 9.68. The molecule has 3 rings (SSSR count). The van der Waals surface area contributed by atoms with E-state index >= 15 is 0 Å². The molecule has 16 heavy (non-hydrogen) atoms. The van der Waals surface area contributed by atoms with Crippen molar-refractivity contribution in [1.82, 2.24) is 0 Å². The first-order valence-corrected chi connectivity index (χ1v) is 6.86. The number of hydrogen-bond acceptors (Lipinski definition) is 1. The molecule has 1 heteroatoms. The molecule has 0 radical (unpaired) electrons. The summed E-state index contributed by atoms with van der Waals surface area (Å²) in [6, 6.07) is 0. The first kappa shape index (κ1) is 10.8. The fourth-order valence-corrected chi connectivity index (χ4v) is 5.33. The van der Waals surface area contributed by atoms with Crippen LogP contribution in [0.25, 0.3) is 0 Å². The predicted molar refractivity (Wildman–Crippen MR) is 66.0 cm³/mol. The molecule has 3 aliphatic carbocycles. The molecule has 1 N–H and O–H groups in total. The Morgan fingerprint density at radius 3 is 2.69 bits per heavy atom. The van der Waals surface area contributed by atoms with Crippen LogP contribution < -0.4 is 0 Å². The quantitative estimate of drug-likeness (QED) is 0.672. The second-order valence-corrected chi connectivity index (χ2v) is 6.79. The summed E-state index contributed by atoms with van der Waals surface area (Å²) in [7, 11) is 0. The van der Waals surface area contributed by atoms with Gasteiger partial charge in [0.05, 0.1) is 5.60 Å². The van der Waals surface area contributed by atoms with E-state index in [-0.39, 0.29) is 11.0 Å². The Kier molecular flexibility index (Phi) is 1.98. The van der Waals surface area contributed by atoms with E-state index in [1.807, 2.05) is 0 Å². The average molecular weight is 220 g/mol. The summed E-state index contributed by atoms with van der Waals surface area (Å²) >= 11 is 0. The SMILES string of the molecule is C=C1CCC23C(C)CC[C@H](C(C)C)C2(O)C13. The predicted octanol–water partition coefficient (Wildman–Crippen LogP) is 3.39. The maximum Gasteiger partial charge on any atom is 0.0814 e. The van der Waals surface area contributed by atoms with Crippen LogP contribution in [0.1, 0.15) is 46.5 Å². The van der Waals surface area contributed by atoms with Crippen molar-refractivity contribution < 1.29 is 5.11 Å². The summed E-state index contributed by atoms with van der Waals surface area (Å²) < 4.78 is 0. The Balaban J connectivity index is 2.02. The summed E-state index contributed by atoms with van der Waals surface area (Å²) in [6.45, 7) is 11.1. The van der Waals surface area contributed by atoms with Crippen LogP contribution in [0.15, 0.2) is 12.2 Å². The van der Waals surface area contributed by atoms with Crippen LogP contribution >= 0.6 is 0 Å². The van der Waals surface area contributed by atoms with E-state index in [4.69, 9.17) is 0 Å². The van der Waals surface area contributed by atoms with Crippen LogP contribution in [-0.2, 0) is 0 Å². The molecule has 0 aromatic rings. The molecule has 0 aliphatic heterocycles. The maximum absolute atomic E-state index is 11.1. The minimum absolute atomic E-state index is 0.233. The Morgan fingerprint density at radius 1 is 1.38 bits per heavy atom. The van der Waals surface area contributed by atoms with E-state index in [2.05, 4.69) is 27.4 Å². The third-order valence-electron chi connectivity index (χ3n) is 6.05. The molecule has 3 aliphatic rings. The van der Waals surface area contributed by atoms with E-state index in [0.717, 1.165) is 6.42 Å². The first-order valence-electron chi connectivity index (χ1n) is 6.86. The van der Waals surface area contributed by atoms with Gasteiger partial charge in [0.15, 0.2) is 0 Å². The topological polar surface area (TPSA) is 20.2 Å². The van der Waals surface area contributed by atoms with E-state index in [0.29, 0.717) is 23.7 Å². The zero-order chi connectivity index (χ0) is 11.7. The number of aliphatic hydroxyl groups is 1. The lowest BCUT2D eigenvalue weighted by Gasteiger charge is -2.40. The Bertz CT molecular complexity index is 345. The zero-order valence-electron chi connectivity index (χ0n) is 10.8. The molecule has 3 saturated carbocycles. The smallest absolute Gasteiger partial charge is 0.0814 e. The molecule has 0 bridgehead atoms. The summed E-state index contributed by atoms with van der Waals surface area (Å²) in [5, 5.41) is 11.1. The standard InChI is InChI=1S/C15H24O/c1-9(2)12-6-5-11(4)14-8-7-10(3)13(14)15(12,14)16/h9,11-13,16H,3,5-8H2,1-2,4H3/t11?,12-,13?,14?,15?/m1/s1. The normalized spacial score (nSPS) is 55.1. The average Bonchev–Trinajstić information content (AvgIpc) is 2.57. The molecule has 3 fully saturated rings. The number of rotatable bonds is 1. The second kappa shape index (κ2) is 2.93. The van der Waals surface area contributed by atoms with Gasteiger partial charge >= 0.3 is 0 Å². The van der Waals surface area contributed by atoms with Crippen LogP contribution in [0.5, 0.6) is 0 Å². The summed E-state index contributed by atoms with van der Waals surface area (Å²) in [5.74, 6) is 2.24. The van der Waals surface area contributed by atoms with E-state index in [1.54, 1.807) is 0 Å². The van der Waals surface area contributed by atoms with Gasteiger partial charge in [0.2, 0.25) is 0 Å². The minimum atomic E-state index is -0.381. The highest BCUT2D eigenvalue weighted by Crippen LogP contribution is 2.81. The van der Waals surface area contributed by atoms with Crippen LogP contribution in [0.3, 0.4) is 0 Å². The lowest BCUT2D eigenvalue weighted by molar-refractivity contribution is -0.0395. The van der Waals surface area contributed by atoms with Crippen LogP contribution in [0.4, 0.5) is 0 Å².